The summed E-state index contributed by atoms with van der Waals surface area (Å²) in [6, 6.07) is 17.9. The number of hydrogen-bond donors (Lipinski definition) is 1. The molecule has 0 aliphatic rings. The minimum absolute atomic E-state index is 0.393. The van der Waals surface area contributed by atoms with Crippen LogP contribution in [-0.2, 0) is 6.54 Å². The maximum Gasteiger partial charge on any atom is 0.113 e. The molecular weight excluding hydrogens is 262 g/mol. The summed E-state index contributed by atoms with van der Waals surface area (Å²) in [5.41, 5.74) is 10.3. The summed E-state index contributed by atoms with van der Waals surface area (Å²) in [5, 5.41) is 9.54. The van der Waals surface area contributed by atoms with Crippen molar-refractivity contribution in [1.29, 1.82) is 0 Å². The van der Waals surface area contributed by atoms with Crippen LogP contribution in [0.3, 0.4) is 0 Å². The van der Waals surface area contributed by atoms with E-state index in [4.69, 9.17) is 5.73 Å². The fourth-order valence-electron chi connectivity index (χ4n) is 2.54. The number of hydrogen-bond acceptors (Lipinski definition) is 4. The summed E-state index contributed by atoms with van der Waals surface area (Å²) < 4.78 is 1.85. The second kappa shape index (κ2) is 4.64. The number of aromatic nitrogens is 4. The molecule has 0 atom stereocenters. The van der Waals surface area contributed by atoms with Crippen molar-refractivity contribution in [3.05, 3.63) is 60.3 Å². The normalized spacial score (nSPS) is 11.3. The number of rotatable bonds is 2. The molecule has 4 rings (SSSR count). The van der Waals surface area contributed by atoms with Crippen molar-refractivity contribution >= 4 is 21.9 Å². The van der Waals surface area contributed by atoms with Crippen molar-refractivity contribution in [2.45, 2.75) is 6.54 Å². The van der Waals surface area contributed by atoms with E-state index in [2.05, 4.69) is 15.3 Å². The first-order chi connectivity index (χ1) is 10.4. The molecule has 0 spiro atoms. The van der Waals surface area contributed by atoms with Crippen LogP contribution in [0.2, 0.25) is 0 Å². The Labute approximate surface area is 121 Å². The predicted molar refractivity (Wildman–Crippen MR) is 82.1 cm³/mol. The smallest absolute Gasteiger partial charge is 0.113 e. The van der Waals surface area contributed by atoms with Gasteiger partial charge in [0.2, 0.25) is 0 Å². The first-order valence-corrected chi connectivity index (χ1v) is 6.76. The molecule has 0 aliphatic heterocycles. The highest BCUT2D eigenvalue weighted by molar-refractivity contribution is 5.89. The SMILES string of the molecule is NCc1cc(-n2nnc3ccccc32)c2ccccc2n1. The van der Waals surface area contributed by atoms with Crippen molar-refractivity contribution in [3.8, 4) is 5.69 Å². The summed E-state index contributed by atoms with van der Waals surface area (Å²) in [6.07, 6.45) is 0. The van der Waals surface area contributed by atoms with Gasteiger partial charge in [-0.2, -0.15) is 0 Å². The zero-order valence-corrected chi connectivity index (χ0v) is 11.3. The third kappa shape index (κ3) is 1.86. The van der Waals surface area contributed by atoms with E-state index >= 15 is 0 Å². The van der Waals surface area contributed by atoms with Gasteiger partial charge in [-0.1, -0.05) is 35.5 Å². The van der Waals surface area contributed by atoms with Crippen molar-refractivity contribution in [2.75, 3.05) is 0 Å². The van der Waals surface area contributed by atoms with Gasteiger partial charge in [0.1, 0.15) is 5.52 Å². The van der Waals surface area contributed by atoms with Gasteiger partial charge in [-0.3, -0.25) is 4.98 Å². The molecule has 4 aromatic rings. The molecule has 5 heteroatoms. The Bertz CT molecular complexity index is 942. The second-order valence-corrected chi connectivity index (χ2v) is 4.84. The highest BCUT2D eigenvalue weighted by Crippen LogP contribution is 2.24. The number of fused-ring (bicyclic) bond motifs is 2. The molecule has 0 radical (unpaired) electrons. The third-order valence-electron chi connectivity index (χ3n) is 3.54. The van der Waals surface area contributed by atoms with E-state index in [1.165, 1.54) is 0 Å². The van der Waals surface area contributed by atoms with Gasteiger partial charge in [-0.05, 0) is 24.3 Å². The Balaban J connectivity index is 2.09. The average Bonchev–Trinajstić information content (AvgIpc) is 2.97. The Morgan fingerprint density at radius 2 is 1.71 bits per heavy atom. The zero-order valence-electron chi connectivity index (χ0n) is 11.3. The van der Waals surface area contributed by atoms with E-state index in [0.717, 1.165) is 33.3 Å². The Morgan fingerprint density at radius 1 is 0.952 bits per heavy atom. The highest BCUT2D eigenvalue weighted by Gasteiger charge is 2.11. The molecule has 0 bridgehead atoms. The Morgan fingerprint density at radius 3 is 2.57 bits per heavy atom. The van der Waals surface area contributed by atoms with Gasteiger partial charge < -0.3 is 5.73 Å². The van der Waals surface area contributed by atoms with E-state index in [0.29, 0.717) is 6.54 Å². The largest absolute Gasteiger partial charge is 0.325 e. The lowest BCUT2D eigenvalue weighted by molar-refractivity contribution is 0.824. The second-order valence-electron chi connectivity index (χ2n) is 4.84. The van der Waals surface area contributed by atoms with Crippen LogP contribution in [0.25, 0.3) is 27.6 Å². The predicted octanol–water partition coefficient (Wildman–Crippen LogP) is 2.43. The quantitative estimate of drug-likeness (QED) is 0.610. The lowest BCUT2D eigenvalue weighted by Gasteiger charge is -2.09. The Kier molecular flexibility index (Phi) is 2.65. The highest BCUT2D eigenvalue weighted by atomic mass is 15.4. The van der Waals surface area contributed by atoms with Crippen LogP contribution in [-0.4, -0.2) is 20.0 Å². The number of pyridine rings is 1. The van der Waals surface area contributed by atoms with Gasteiger partial charge in [-0.25, -0.2) is 4.68 Å². The van der Waals surface area contributed by atoms with Gasteiger partial charge in [-0.15, -0.1) is 5.10 Å². The Hall–Kier alpha value is -2.79. The van der Waals surface area contributed by atoms with E-state index in [1.54, 1.807) is 0 Å². The van der Waals surface area contributed by atoms with Crippen LogP contribution >= 0.6 is 0 Å². The van der Waals surface area contributed by atoms with Crippen LogP contribution in [0.4, 0.5) is 0 Å². The maximum absolute atomic E-state index is 5.77. The molecule has 21 heavy (non-hydrogen) atoms. The summed E-state index contributed by atoms with van der Waals surface area (Å²) >= 11 is 0. The number of nitrogens with zero attached hydrogens (tertiary/aromatic N) is 4. The van der Waals surface area contributed by atoms with Crippen molar-refractivity contribution in [2.24, 2.45) is 5.73 Å². The molecule has 2 heterocycles. The molecule has 2 N–H and O–H groups in total. The third-order valence-corrected chi connectivity index (χ3v) is 3.54. The summed E-state index contributed by atoms with van der Waals surface area (Å²) in [7, 11) is 0. The molecular formula is C16H13N5. The van der Waals surface area contributed by atoms with E-state index in [-0.39, 0.29) is 0 Å². The topological polar surface area (TPSA) is 69.6 Å². The van der Waals surface area contributed by atoms with Gasteiger partial charge in [0.25, 0.3) is 0 Å². The molecule has 0 saturated heterocycles. The van der Waals surface area contributed by atoms with E-state index < -0.39 is 0 Å². The van der Waals surface area contributed by atoms with Gasteiger partial charge in [0.15, 0.2) is 0 Å². The van der Waals surface area contributed by atoms with Crippen molar-refractivity contribution < 1.29 is 0 Å². The first kappa shape index (κ1) is 12.0. The number of benzene rings is 2. The molecule has 0 amide bonds. The average molecular weight is 275 g/mol. The van der Waals surface area contributed by atoms with Gasteiger partial charge in [0, 0.05) is 11.9 Å². The molecule has 0 unspecified atom stereocenters. The summed E-state index contributed by atoms with van der Waals surface area (Å²) in [5.74, 6) is 0. The minimum atomic E-state index is 0.393. The van der Waals surface area contributed by atoms with Crippen LogP contribution in [0.15, 0.2) is 54.6 Å². The van der Waals surface area contributed by atoms with E-state index in [9.17, 15) is 0 Å². The fourth-order valence-corrected chi connectivity index (χ4v) is 2.54. The summed E-state index contributed by atoms with van der Waals surface area (Å²) in [6.45, 7) is 0.393. The molecule has 0 fully saturated rings. The first-order valence-electron chi connectivity index (χ1n) is 6.76. The summed E-state index contributed by atoms with van der Waals surface area (Å²) in [4.78, 5) is 4.56. The lowest BCUT2D eigenvalue weighted by atomic mass is 10.1. The molecule has 0 saturated carbocycles. The van der Waals surface area contributed by atoms with Gasteiger partial charge in [0.05, 0.1) is 22.4 Å². The van der Waals surface area contributed by atoms with Crippen LogP contribution < -0.4 is 5.73 Å². The van der Waals surface area contributed by atoms with Crippen molar-refractivity contribution in [3.63, 3.8) is 0 Å². The molecule has 5 nitrogen and oxygen atoms in total. The molecule has 0 aliphatic carbocycles. The maximum atomic E-state index is 5.77. The molecule has 102 valence electrons. The lowest BCUT2D eigenvalue weighted by Crippen LogP contribution is -2.04. The van der Waals surface area contributed by atoms with Gasteiger partial charge >= 0.3 is 0 Å². The van der Waals surface area contributed by atoms with Crippen LogP contribution in [0, 0.1) is 0 Å². The molecule has 2 aromatic heterocycles. The standard InChI is InChI=1S/C16H13N5/c17-10-11-9-16(12-5-1-2-6-13(12)18-11)21-15-8-4-3-7-14(15)19-20-21/h1-9H,10,17H2. The molecule has 2 aromatic carbocycles. The van der Waals surface area contributed by atoms with Crippen LogP contribution in [0.1, 0.15) is 5.69 Å². The fraction of sp³-hybridized carbons (Fsp3) is 0.0625. The van der Waals surface area contributed by atoms with E-state index in [1.807, 2.05) is 59.3 Å². The zero-order chi connectivity index (χ0) is 14.2. The monoisotopic (exact) mass is 275 g/mol. The van der Waals surface area contributed by atoms with Crippen LogP contribution in [0.5, 0.6) is 0 Å². The minimum Gasteiger partial charge on any atom is -0.325 e. The van der Waals surface area contributed by atoms with Crippen molar-refractivity contribution in [1.82, 2.24) is 20.0 Å². The number of nitrogens with two attached hydrogens (primary N) is 1. The number of para-hydroxylation sites is 2.